The zero-order chi connectivity index (χ0) is 8.65. The first-order valence-corrected chi connectivity index (χ1v) is 5.33. The standard InChI is InChI=1S/C11H21N/c1-2-3-7-10-12-11-8-5-4-6-9-11/h5,8,11-12H,2-4,6-7,9-10H2,1H3/t11-/m0/s1. The van der Waals surface area contributed by atoms with Crippen molar-refractivity contribution in [2.45, 2.75) is 51.5 Å². The summed E-state index contributed by atoms with van der Waals surface area (Å²) in [6.45, 7) is 3.45. The van der Waals surface area contributed by atoms with Crippen molar-refractivity contribution in [2.24, 2.45) is 0 Å². The van der Waals surface area contributed by atoms with Crippen LogP contribution >= 0.6 is 0 Å². The molecule has 1 atom stereocenters. The van der Waals surface area contributed by atoms with Crippen molar-refractivity contribution < 1.29 is 0 Å². The summed E-state index contributed by atoms with van der Waals surface area (Å²) in [6.07, 6.45) is 12.6. The fourth-order valence-electron chi connectivity index (χ4n) is 1.64. The summed E-state index contributed by atoms with van der Waals surface area (Å²) in [4.78, 5) is 0. The molecule has 1 aliphatic rings. The van der Waals surface area contributed by atoms with E-state index in [2.05, 4.69) is 24.4 Å². The summed E-state index contributed by atoms with van der Waals surface area (Å²) in [5.74, 6) is 0. The molecule has 0 aromatic heterocycles. The highest BCUT2D eigenvalue weighted by Gasteiger charge is 2.05. The summed E-state index contributed by atoms with van der Waals surface area (Å²) in [5, 5.41) is 3.57. The van der Waals surface area contributed by atoms with Gasteiger partial charge in [0.25, 0.3) is 0 Å². The Morgan fingerprint density at radius 1 is 1.42 bits per heavy atom. The number of unbranched alkanes of at least 4 members (excludes halogenated alkanes) is 2. The molecule has 70 valence electrons. The highest BCUT2D eigenvalue weighted by atomic mass is 14.9. The van der Waals surface area contributed by atoms with Gasteiger partial charge in [0.1, 0.15) is 0 Å². The summed E-state index contributed by atoms with van der Waals surface area (Å²) in [7, 11) is 0. The fourth-order valence-corrected chi connectivity index (χ4v) is 1.64. The van der Waals surface area contributed by atoms with Crippen LogP contribution < -0.4 is 5.32 Å². The van der Waals surface area contributed by atoms with Crippen molar-refractivity contribution in [3.05, 3.63) is 12.2 Å². The van der Waals surface area contributed by atoms with Crippen molar-refractivity contribution in [1.82, 2.24) is 5.32 Å². The lowest BCUT2D eigenvalue weighted by Crippen LogP contribution is -2.29. The molecule has 1 nitrogen and oxygen atoms in total. The number of allylic oxidation sites excluding steroid dienone is 1. The zero-order valence-corrected chi connectivity index (χ0v) is 8.18. The first-order valence-electron chi connectivity index (χ1n) is 5.33. The minimum atomic E-state index is 0.676. The van der Waals surface area contributed by atoms with E-state index >= 15 is 0 Å². The van der Waals surface area contributed by atoms with E-state index in [-0.39, 0.29) is 0 Å². The van der Waals surface area contributed by atoms with E-state index in [4.69, 9.17) is 0 Å². The molecular weight excluding hydrogens is 146 g/mol. The summed E-state index contributed by atoms with van der Waals surface area (Å²) < 4.78 is 0. The van der Waals surface area contributed by atoms with E-state index in [0.29, 0.717) is 6.04 Å². The molecule has 0 unspecified atom stereocenters. The van der Waals surface area contributed by atoms with E-state index in [0.717, 1.165) is 0 Å². The van der Waals surface area contributed by atoms with E-state index < -0.39 is 0 Å². The highest BCUT2D eigenvalue weighted by molar-refractivity contribution is 4.97. The van der Waals surface area contributed by atoms with E-state index in [1.165, 1.54) is 45.1 Å². The molecule has 0 amide bonds. The number of hydrogen-bond donors (Lipinski definition) is 1. The Labute approximate surface area is 76.2 Å². The van der Waals surface area contributed by atoms with Crippen LogP contribution in [0.2, 0.25) is 0 Å². The van der Waals surface area contributed by atoms with Gasteiger partial charge in [-0.15, -0.1) is 0 Å². The van der Waals surface area contributed by atoms with Gasteiger partial charge in [-0.25, -0.2) is 0 Å². The molecule has 0 fully saturated rings. The van der Waals surface area contributed by atoms with Crippen LogP contribution in [-0.2, 0) is 0 Å². The molecule has 0 bridgehead atoms. The Morgan fingerprint density at radius 3 is 3.00 bits per heavy atom. The van der Waals surface area contributed by atoms with Crippen molar-refractivity contribution in [2.75, 3.05) is 6.54 Å². The molecule has 0 spiro atoms. The second-order valence-corrected chi connectivity index (χ2v) is 3.63. The summed E-state index contributed by atoms with van der Waals surface area (Å²) in [6, 6.07) is 0.676. The minimum absolute atomic E-state index is 0.676. The summed E-state index contributed by atoms with van der Waals surface area (Å²) in [5.41, 5.74) is 0. The lowest BCUT2D eigenvalue weighted by Gasteiger charge is -2.17. The Balaban J connectivity index is 1.98. The first-order chi connectivity index (χ1) is 5.93. The Hall–Kier alpha value is -0.300. The van der Waals surface area contributed by atoms with Crippen LogP contribution in [0, 0.1) is 0 Å². The van der Waals surface area contributed by atoms with Gasteiger partial charge < -0.3 is 5.32 Å². The lowest BCUT2D eigenvalue weighted by atomic mass is 10.0. The van der Waals surface area contributed by atoms with Crippen LogP contribution in [0.1, 0.15) is 45.4 Å². The molecule has 0 radical (unpaired) electrons. The molecule has 0 saturated heterocycles. The molecule has 0 aromatic rings. The van der Waals surface area contributed by atoms with Crippen LogP contribution in [0.3, 0.4) is 0 Å². The number of hydrogen-bond acceptors (Lipinski definition) is 1. The normalized spacial score (nSPS) is 22.9. The van der Waals surface area contributed by atoms with Crippen molar-refractivity contribution in [3.8, 4) is 0 Å². The predicted octanol–water partition coefficient (Wildman–Crippen LogP) is 2.87. The van der Waals surface area contributed by atoms with E-state index in [1.54, 1.807) is 0 Å². The molecule has 1 N–H and O–H groups in total. The van der Waals surface area contributed by atoms with Gasteiger partial charge in [0.15, 0.2) is 0 Å². The molecule has 0 saturated carbocycles. The molecular formula is C11H21N. The van der Waals surface area contributed by atoms with E-state index in [1.807, 2.05) is 0 Å². The van der Waals surface area contributed by atoms with Gasteiger partial charge in [-0.1, -0.05) is 31.9 Å². The van der Waals surface area contributed by atoms with Gasteiger partial charge in [-0.3, -0.25) is 0 Å². The smallest absolute Gasteiger partial charge is 0.0250 e. The minimum Gasteiger partial charge on any atom is -0.311 e. The maximum absolute atomic E-state index is 3.57. The van der Waals surface area contributed by atoms with Crippen LogP contribution in [0.25, 0.3) is 0 Å². The highest BCUT2D eigenvalue weighted by Crippen LogP contribution is 2.09. The van der Waals surface area contributed by atoms with Gasteiger partial charge in [0.05, 0.1) is 0 Å². The summed E-state index contributed by atoms with van der Waals surface area (Å²) >= 11 is 0. The third kappa shape index (κ3) is 3.91. The molecule has 0 heterocycles. The van der Waals surface area contributed by atoms with Crippen molar-refractivity contribution >= 4 is 0 Å². The first kappa shape index (κ1) is 9.79. The second-order valence-electron chi connectivity index (χ2n) is 3.63. The molecule has 0 aliphatic heterocycles. The quantitative estimate of drug-likeness (QED) is 0.490. The molecule has 1 rings (SSSR count). The second kappa shape index (κ2) is 6.24. The van der Waals surface area contributed by atoms with Crippen LogP contribution in [0.15, 0.2) is 12.2 Å². The topological polar surface area (TPSA) is 12.0 Å². The molecule has 1 aliphatic carbocycles. The predicted molar refractivity (Wildman–Crippen MR) is 54.3 cm³/mol. The Kier molecular flexibility index (Phi) is 5.09. The molecule has 1 heteroatoms. The van der Waals surface area contributed by atoms with Gasteiger partial charge in [-0.05, 0) is 32.2 Å². The lowest BCUT2D eigenvalue weighted by molar-refractivity contribution is 0.507. The monoisotopic (exact) mass is 167 g/mol. The zero-order valence-electron chi connectivity index (χ0n) is 8.18. The van der Waals surface area contributed by atoms with Gasteiger partial charge in [0, 0.05) is 6.04 Å². The average Bonchev–Trinajstić information content (AvgIpc) is 2.14. The Morgan fingerprint density at radius 2 is 2.33 bits per heavy atom. The molecule has 0 aromatic carbocycles. The fraction of sp³-hybridized carbons (Fsp3) is 0.818. The van der Waals surface area contributed by atoms with Crippen LogP contribution in [-0.4, -0.2) is 12.6 Å². The third-order valence-electron chi connectivity index (χ3n) is 2.44. The third-order valence-corrected chi connectivity index (χ3v) is 2.44. The largest absolute Gasteiger partial charge is 0.311 e. The van der Waals surface area contributed by atoms with Crippen molar-refractivity contribution in [3.63, 3.8) is 0 Å². The maximum atomic E-state index is 3.57. The average molecular weight is 167 g/mol. The van der Waals surface area contributed by atoms with Gasteiger partial charge >= 0.3 is 0 Å². The van der Waals surface area contributed by atoms with E-state index in [9.17, 15) is 0 Å². The number of rotatable bonds is 5. The van der Waals surface area contributed by atoms with Gasteiger partial charge in [0.2, 0.25) is 0 Å². The maximum Gasteiger partial charge on any atom is 0.0250 e. The van der Waals surface area contributed by atoms with Crippen molar-refractivity contribution in [1.29, 1.82) is 0 Å². The van der Waals surface area contributed by atoms with Gasteiger partial charge in [-0.2, -0.15) is 0 Å². The SMILES string of the molecule is CCCCCN[C@H]1C=CCCC1. The Bertz CT molecular complexity index is 129. The number of nitrogens with one attached hydrogen (secondary N) is 1. The van der Waals surface area contributed by atoms with Crippen LogP contribution in [0.4, 0.5) is 0 Å². The molecule has 12 heavy (non-hydrogen) atoms. The van der Waals surface area contributed by atoms with Crippen LogP contribution in [0.5, 0.6) is 0 Å².